The van der Waals surface area contributed by atoms with Crippen molar-refractivity contribution < 1.29 is 22.7 Å². The monoisotopic (exact) mass is 328 g/mol. The van der Waals surface area contributed by atoms with Crippen molar-refractivity contribution in [2.75, 3.05) is 13.2 Å². The summed E-state index contributed by atoms with van der Waals surface area (Å²) in [5.74, 6) is -0.246. The van der Waals surface area contributed by atoms with Crippen molar-refractivity contribution in [3.8, 4) is 0 Å². The summed E-state index contributed by atoms with van der Waals surface area (Å²) in [6.07, 6.45) is -0.519. The first-order valence-electron chi connectivity index (χ1n) is 7.85. The fourth-order valence-corrected chi connectivity index (χ4v) is 3.45. The lowest BCUT2D eigenvalue weighted by Gasteiger charge is -2.43. The van der Waals surface area contributed by atoms with Crippen LogP contribution in [0.15, 0.2) is 12.1 Å². The Balaban J connectivity index is 1.85. The second-order valence-electron chi connectivity index (χ2n) is 6.09. The van der Waals surface area contributed by atoms with Gasteiger partial charge >= 0.3 is 6.18 Å². The van der Waals surface area contributed by atoms with Gasteiger partial charge in [0.1, 0.15) is 5.69 Å². The van der Waals surface area contributed by atoms with E-state index in [2.05, 4.69) is 4.98 Å². The third-order valence-corrected chi connectivity index (χ3v) is 4.60. The van der Waals surface area contributed by atoms with Crippen molar-refractivity contribution in [1.29, 1.82) is 0 Å². The number of halogens is 3. The van der Waals surface area contributed by atoms with Gasteiger partial charge in [-0.05, 0) is 31.9 Å². The fourth-order valence-electron chi connectivity index (χ4n) is 3.45. The molecule has 0 bridgehead atoms. The van der Waals surface area contributed by atoms with Crippen LogP contribution in [0, 0.1) is 6.92 Å². The van der Waals surface area contributed by atoms with Crippen LogP contribution < -0.4 is 0 Å². The molecular weight excluding hydrogens is 309 g/mol. The van der Waals surface area contributed by atoms with Gasteiger partial charge in [-0.1, -0.05) is 12.8 Å². The summed E-state index contributed by atoms with van der Waals surface area (Å²) in [6, 6.07) is 2.13. The van der Waals surface area contributed by atoms with Crippen LogP contribution in [0.5, 0.6) is 0 Å². The zero-order valence-electron chi connectivity index (χ0n) is 12.9. The molecular formula is C16H19F3N2O2. The molecule has 4 nitrogen and oxygen atoms in total. The standard InChI is InChI=1S/C16H19F3N2O2/c1-10-11(6-7-14(20-10)16(17,18)19)15(22)21-8-9-23-13-5-3-2-4-12(13)21/h6-7,12-13H,2-5,8-9H2,1H3/t12-,13+/m1/s1. The number of hydrogen-bond donors (Lipinski definition) is 0. The summed E-state index contributed by atoms with van der Waals surface area (Å²) in [5, 5.41) is 0. The van der Waals surface area contributed by atoms with E-state index in [0.29, 0.717) is 13.2 Å². The van der Waals surface area contributed by atoms with Gasteiger partial charge in [0, 0.05) is 6.54 Å². The topological polar surface area (TPSA) is 42.4 Å². The maximum atomic E-state index is 12.8. The van der Waals surface area contributed by atoms with Crippen LogP contribution in [-0.2, 0) is 10.9 Å². The number of morpholine rings is 1. The average molecular weight is 328 g/mol. The normalized spacial score (nSPS) is 25.1. The van der Waals surface area contributed by atoms with Gasteiger partial charge in [0.15, 0.2) is 0 Å². The predicted molar refractivity (Wildman–Crippen MR) is 77.0 cm³/mol. The van der Waals surface area contributed by atoms with Crippen LogP contribution in [0.2, 0.25) is 0 Å². The molecule has 2 atom stereocenters. The van der Waals surface area contributed by atoms with E-state index in [1.807, 2.05) is 0 Å². The van der Waals surface area contributed by atoms with Gasteiger partial charge in [0.05, 0.1) is 30.0 Å². The average Bonchev–Trinajstić information content (AvgIpc) is 2.53. The Morgan fingerprint density at radius 3 is 2.74 bits per heavy atom. The number of fused-ring (bicyclic) bond motifs is 1. The molecule has 1 aromatic rings. The largest absolute Gasteiger partial charge is 0.433 e. The minimum atomic E-state index is -4.50. The number of hydrogen-bond acceptors (Lipinski definition) is 3. The SMILES string of the molecule is Cc1nc(C(F)(F)F)ccc1C(=O)N1CCO[C@H]2CCCC[C@H]21. The van der Waals surface area contributed by atoms with E-state index >= 15 is 0 Å². The molecule has 23 heavy (non-hydrogen) atoms. The molecule has 0 aromatic carbocycles. The lowest BCUT2D eigenvalue weighted by atomic mass is 9.89. The Morgan fingerprint density at radius 2 is 2.04 bits per heavy atom. The van der Waals surface area contributed by atoms with Gasteiger partial charge in [0.2, 0.25) is 0 Å². The lowest BCUT2D eigenvalue weighted by molar-refractivity contribution is -0.141. The molecule has 0 N–H and O–H groups in total. The highest BCUT2D eigenvalue weighted by atomic mass is 19.4. The maximum Gasteiger partial charge on any atom is 0.433 e. The number of nitrogens with zero attached hydrogens (tertiary/aromatic N) is 2. The molecule has 1 aromatic heterocycles. The molecule has 1 amide bonds. The number of rotatable bonds is 1. The molecule has 7 heteroatoms. The van der Waals surface area contributed by atoms with Crippen LogP contribution in [0.4, 0.5) is 13.2 Å². The molecule has 1 aliphatic heterocycles. The van der Waals surface area contributed by atoms with Crippen molar-refractivity contribution in [1.82, 2.24) is 9.88 Å². The molecule has 0 unspecified atom stereocenters. The van der Waals surface area contributed by atoms with Crippen molar-refractivity contribution in [2.45, 2.75) is 50.9 Å². The summed E-state index contributed by atoms with van der Waals surface area (Å²) in [6.45, 7) is 2.39. The summed E-state index contributed by atoms with van der Waals surface area (Å²) < 4.78 is 43.8. The van der Waals surface area contributed by atoms with Crippen LogP contribution in [0.1, 0.15) is 47.4 Å². The van der Waals surface area contributed by atoms with E-state index in [0.717, 1.165) is 31.7 Å². The fraction of sp³-hybridized carbons (Fsp3) is 0.625. The van der Waals surface area contributed by atoms with Gasteiger partial charge in [0.25, 0.3) is 5.91 Å². The van der Waals surface area contributed by atoms with Crippen molar-refractivity contribution in [3.05, 3.63) is 29.1 Å². The Hall–Kier alpha value is -1.63. The first-order chi connectivity index (χ1) is 10.9. The van der Waals surface area contributed by atoms with Gasteiger partial charge < -0.3 is 9.64 Å². The number of amides is 1. The van der Waals surface area contributed by atoms with Gasteiger partial charge in [-0.25, -0.2) is 4.98 Å². The summed E-state index contributed by atoms with van der Waals surface area (Å²) >= 11 is 0. The van der Waals surface area contributed by atoms with Crippen molar-refractivity contribution in [3.63, 3.8) is 0 Å². The second-order valence-corrected chi connectivity index (χ2v) is 6.09. The minimum absolute atomic E-state index is 0.0201. The van der Waals surface area contributed by atoms with E-state index in [1.54, 1.807) is 4.90 Å². The molecule has 3 rings (SSSR count). The highest BCUT2D eigenvalue weighted by Crippen LogP contribution is 2.31. The second kappa shape index (κ2) is 6.11. The smallest absolute Gasteiger partial charge is 0.374 e. The highest BCUT2D eigenvalue weighted by Gasteiger charge is 2.38. The number of alkyl halides is 3. The Morgan fingerprint density at radius 1 is 1.30 bits per heavy atom. The summed E-state index contributed by atoms with van der Waals surface area (Å²) in [7, 11) is 0. The number of ether oxygens (including phenoxy) is 1. The minimum Gasteiger partial charge on any atom is -0.374 e. The third-order valence-electron chi connectivity index (χ3n) is 4.60. The van der Waals surface area contributed by atoms with Crippen molar-refractivity contribution >= 4 is 5.91 Å². The van der Waals surface area contributed by atoms with Crippen LogP contribution in [0.25, 0.3) is 0 Å². The van der Waals surface area contributed by atoms with Crippen LogP contribution >= 0.6 is 0 Å². The summed E-state index contributed by atoms with van der Waals surface area (Å²) in [5.41, 5.74) is -0.614. The highest BCUT2D eigenvalue weighted by molar-refractivity contribution is 5.95. The van der Waals surface area contributed by atoms with Crippen LogP contribution in [-0.4, -0.2) is 41.1 Å². The molecule has 1 aliphatic carbocycles. The lowest BCUT2D eigenvalue weighted by Crippen LogP contribution is -2.55. The summed E-state index contributed by atoms with van der Waals surface area (Å²) in [4.78, 5) is 18.1. The van der Waals surface area contributed by atoms with E-state index < -0.39 is 11.9 Å². The Kier molecular flexibility index (Phi) is 4.31. The van der Waals surface area contributed by atoms with Gasteiger partial charge in [-0.3, -0.25) is 4.79 Å². The zero-order chi connectivity index (χ0) is 16.6. The molecule has 0 spiro atoms. The molecule has 126 valence electrons. The molecule has 0 radical (unpaired) electrons. The predicted octanol–water partition coefficient (Wildman–Crippen LogP) is 3.19. The Bertz CT molecular complexity index is 601. The first-order valence-corrected chi connectivity index (χ1v) is 7.85. The molecule has 2 heterocycles. The number of aromatic nitrogens is 1. The van der Waals surface area contributed by atoms with Crippen LogP contribution in [0.3, 0.4) is 0 Å². The maximum absolute atomic E-state index is 12.8. The molecule has 2 fully saturated rings. The van der Waals surface area contributed by atoms with Gasteiger partial charge in [-0.15, -0.1) is 0 Å². The van der Waals surface area contributed by atoms with E-state index in [4.69, 9.17) is 4.74 Å². The van der Waals surface area contributed by atoms with Gasteiger partial charge in [-0.2, -0.15) is 13.2 Å². The number of carbonyl (C=O) groups excluding carboxylic acids is 1. The zero-order valence-corrected chi connectivity index (χ0v) is 12.9. The number of pyridine rings is 1. The quantitative estimate of drug-likeness (QED) is 0.795. The molecule has 2 aliphatic rings. The number of aryl methyl sites for hydroxylation is 1. The Labute approximate surface area is 132 Å². The van der Waals surface area contributed by atoms with E-state index in [1.165, 1.54) is 13.0 Å². The number of carbonyl (C=O) groups is 1. The molecule has 1 saturated carbocycles. The third kappa shape index (κ3) is 3.20. The van der Waals surface area contributed by atoms with E-state index in [-0.39, 0.29) is 29.3 Å². The van der Waals surface area contributed by atoms with E-state index in [9.17, 15) is 18.0 Å². The molecule has 1 saturated heterocycles. The first kappa shape index (κ1) is 16.2. The van der Waals surface area contributed by atoms with Crippen molar-refractivity contribution in [2.24, 2.45) is 0 Å².